The Morgan fingerprint density at radius 2 is 2.00 bits per heavy atom. The van der Waals surface area contributed by atoms with Crippen LogP contribution in [0.25, 0.3) is 0 Å². The van der Waals surface area contributed by atoms with Gasteiger partial charge in [-0.05, 0) is 31.1 Å². The van der Waals surface area contributed by atoms with E-state index in [2.05, 4.69) is 24.1 Å². The highest BCUT2D eigenvalue weighted by Crippen LogP contribution is 2.29. The zero-order valence-electron chi connectivity index (χ0n) is 12.4. The first-order chi connectivity index (χ1) is 9.52. The highest BCUT2D eigenvalue weighted by atomic mass is 19.1. The van der Waals surface area contributed by atoms with Crippen LogP contribution in [-0.4, -0.2) is 25.1 Å². The summed E-state index contributed by atoms with van der Waals surface area (Å²) in [5, 5.41) is 2.67. The Morgan fingerprint density at radius 3 is 2.65 bits per heavy atom. The van der Waals surface area contributed by atoms with E-state index in [1.54, 1.807) is 7.05 Å². The first kappa shape index (κ1) is 15.0. The van der Waals surface area contributed by atoms with Gasteiger partial charge in [-0.15, -0.1) is 0 Å². The molecule has 20 heavy (non-hydrogen) atoms. The van der Waals surface area contributed by atoms with Crippen LogP contribution in [-0.2, 0) is 0 Å². The second kappa shape index (κ2) is 6.37. The monoisotopic (exact) mass is 283 g/mol. The predicted molar refractivity (Wildman–Crippen MR) is 78.1 cm³/mol. The van der Waals surface area contributed by atoms with Crippen molar-refractivity contribution in [1.29, 1.82) is 0 Å². The molecule has 0 spiro atoms. The Morgan fingerprint density at radius 1 is 1.25 bits per heavy atom. The second-order valence-corrected chi connectivity index (χ2v) is 5.80. The van der Waals surface area contributed by atoms with E-state index in [1.807, 2.05) is 4.90 Å². The van der Waals surface area contributed by atoms with Crippen molar-refractivity contribution in [3.05, 3.63) is 17.7 Å². The lowest BCUT2D eigenvalue weighted by Gasteiger charge is -2.23. The summed E-state index contributed by atoms with van der Waals surface area (Å²) >= 11 is 0. The molecule has 2 rings (SSSR count). The predicted octanol–water partition coefficient (Wildman–Crippen LogP) is 3.66. The fourth-order valence-corrected chi connectivity index (χ4v) is 2.85. The van der Waals surface area contributed by atoms with Gasteiger partial charge >= 0.3 is 0 Å². The van der Waals surface area contributed by atoms with E-state index >= 15 is 0 Å². The molecule has 0 aromatic carbocycles. The van der Waals surface area contributed by atoms with Gasteiger partial charge in [0.1, 0.15) is 0 Å². The lowest BCUT2D eigenvalue weighted by molar-refractivity contribution is 0.351. The first-order valence-electron chi connectivity index (χ1n) is 7.31. The van der Waals surface area contributed by atoms with E-state index < -0.39 is 11.6 Å². The molecule has 2 heterocycles. The number of hydrogen-bond acceptors (Lipinski definition) is 3. The molecule has 1 atom stereocenters. The van der Waals surface area contributed by atoms with Crippen molar-refractivity contribution in [2.75, 3.05) is 30.4 Å². The van der Waals surface area contributed by atoms with Crippen LogP contribution >= 0.6 is 0 Å². The number of halogens is 2. The standard InChI is InChI=1S/C15H23F2N3/c1-10(2)11-5-4-7-20(8-6-11)15-13(17)9-12(16)14(18-3)19-15/h9-11H,4-8H2,1-3H3,(H,18,19). The van der Waals surface area contributed by atoms with Crippen molar-refractivity contribution < 1.29 is 8.78 Å². The molecule has 1 saturated heterocycles. The maximum atomic E-state index is 14.0. The van der Waals surface area contributed by atoms with E-state index in [-0.39, 0.29) is 11.6 Å². The first-order valence-corrected chi connectivity index (χ1v) is 7.31. The average molecular weight is 283 g/mol. The van der Waals surface area contributed by atoms with Crippen LogP contribution in [0.4, 0.5) is 20.4 Å². The third-order valence-electron chi connectivity index (χ3n) is 4.16. The maximum Gasteiger partial charge on any atom is 0.168 e. The molecular weight excluding hydrogens is 260 g/mol. The largest absolute Gasteiger partial charge is 0.371 e. The van der Waals surface area contributed by atoms with E-state index in [4.69, 9.17) is 0 Å². The van der Waals surface area contributed by atoms with Crippen LogP contribution in [0.5, 0.6) is 0 Å². The summed E-state index contributed by atoms with van der Waals surface area (Å²) in [6.45, 7) is 6.02. The Balaban J connectivity index is 2.19. The van der Waals surface area contributed by atoms with Crippen molar-refractivity contribution in [3.63, 3.8) is 0 Å². The summed E-state index contributed by atoms with van der Waals surface area (Å²) in [5.74, 6) is 0.459. The van der Waals surface area contributed by atoms with Gasteiger partial charge in [0, 0.05) is 26.2 Å². The van der Waals surface area contributed by atoms with Crippen LogP contribution in [0.1, 0.15) is 33.1 Å². The summed E-state index contributed by atoms with van der Waals surface area (Å²) in [4.78, 5) is 6.03. The number of aromatic nitrogens is 1. The van der Waals surface area contributed by atoms with Crippen LogP contribution in [0.2, 0.25) is 0 Å². The third kappa shape index (κ3) is 3.19. The molecule has 0 bridgehead atoms. The summed E-state index contributed by atoms with van der Waals surface area (Å²) in [7, 11) is 1.59. The number of pyridine rings is 1. The van der Waals surface area contributed by atoms with Gasteiger partial charge in [0.25, 0.3) is 0 Å². The SMILES string of the molecule is CNc1nc(N2CCCC(C(C)C)CC2)c(F)cc1F. The zero-order valence-corrected chi connectivity index (χ0v) is 12.4. The number of nitrogens with zero attached hydrogens (tertiary/aromatic N) is 2. The van der Waals surface area contributed by atoms with Crippen molar-refractivity contribution in [2.45, 2.75) is 33.1 Å². The lowest BCUT2D eigenvalue weighted by atomic mass is 9.89. The molecule has 1 aromatic rings. The highest BCUT2D eigenvalue weighted by molar-refractivity contribution is 5.49. The van der Waals surface area contributed by atoms with Gasteiger partial charge in [-0.3, -0.25) is 0 Å². The Labute approximate surface area is 119 Å². The molecule has 112 valence electrons. The summed E-state index contributed by atoms with van der Waals surface area (Å²) in [6, 6.07) is 0.916. The van der Waals surface area contributed by atoms with Crippen LogP contribution in [0.3, 0.4) is 0 Å². The van der Waals surface area contributed by atoms with E-state index in [1.165, 1.54) is 0 Å². The van der Waals surface area contributed by atoms with Gasteiger partial charge < -0.3 is 10.2 Å². The summed E-state index contributed by atoms with van der Waals surface area (Å²) < 4.78 is 27.4. The minimum atomic E-state index is -0.649. The van der Waals surface area contributed by atoms with Crippen molar-refractivity contribution >= 4 is 11.6 Å². The highest BCUT2D eigenvalue weighted by Gasteiger charge is 2.23. The molecule has 1 fully saturated rings. The van der Waals surface area contributed by atoms with Crippen LogP contribution < -0.4 is 10.2 Å². The fourth-order valence-electron chi connectivity index (χ4n) is 2.85. The topological polar surface area (TPSA) is 28.2 Å². The molecule has 1 unspecified atom stereocenters. The molecule has 5 heteroatoms. The second-order valence-electron chi connectivity index (χ2n) is 5.80. The van der Waals surface area contributed by atoms with Crippen molar-refractivity contribution in [2.24, 2.45) is 11.8 Å². The number of anilines is 2. The van der Waals surface area contributed by atoms with E-state index in [9.17, 15) is 8.78 Å². The lowest BCUT2D eigenvalue weighted by Crippen LogP contribution is -2.27. The van der Waals surface area contributed by atoms with Gasteiger partial charge in [-0.1, -0.05) is 13.8 Å². The Kier molecular flexibility index (Phi) is 4.78. The number of rotatable bonds is 3. The van der Waals surface area contributed by atoms with Crippen molar-refractivity contribution in [3.8, 4) is 0 Å². The summed E-state index contributed by atoms with van der Waals surface area (Å²) in [5.41, 5.74) is 0. The molecule has 0 saturated carbocycles. The van der Waals surface area contributed by atoms with E-state index in [0.29, 0.717) is 11.8 Å². The molecule has 1 aliphatic heterocycles. The summed E-state index contributed by atoms with van der Waals surface area (Å²) in [6.07, 6.45) is 3.22. The minimum absolute atomic E-state index is 0.103. The number of hydrogen-bond donors (Lipinski definition) is 1. The van der Waals surface area contributed by atoms with Gasteiger partial charge in [0.05, 0.1) is 0 Å². The number of nitrogens with one attached hydrogen (secondary N) is 1. The van der Waals surface area contributed by atoms with Crippen LogP contribution in [0.15, 0.2) is 6.07 Å². The molecule has 0 aliphatic carbocycles. The van der Waals surface area contributed by atoms with Crippen molar-refractivity contribution in [1.82, 2.24) is 4.98 Å². The van der Waals surface area contributed by atoms with Gasteiger partial charge in [-0.2, -0.15) is 0 Å². The fraction of sp³-hybridized carbons (Fsp3) is 0.667. The average Bonchev–Trinajstić information content (AvgIpc) is 2.65. The molecule has 1 aliphatic rings. The normalized spacial score (nSPS) is 20.1. The van der Waals surface area contributed by atoms with Gasteiger partial charge in [0.15, 0.2) is 23.3 Å². The minimum Gasteiger partial charge on any atom is -0.371 e. The maximum absolute atomic E-state index is 14.0. The molecule has 3 nitrogen and oxygen atoms in total. The molecular formula is C15H23F2N3. The molecule has 1 N–H and O–H groups in total. The Bertz CT molecular complexity index is 463. The molecule has 0 radical (unpaired) electrons. The third-order valence-corrected chi connectivity index (χ3v) is 4.16. The zero-order chi connectivity index (χ0) is 14.7. The van der Waals surface area contributed by atoms with Gasteiger partial charge in [0.2, 0.25) is 0 Å². The van der Waals surface area contributed by atoms with E-state index in [0.717, 1.165) is 38.4 Å². The molecule has 1 aromatic heterocycles. The molecule has 0 amide bonds. The van der Waals surface area contributed by atoms with Crippen LogP contribution in [0, 0.1) is 23.5 Å². The Hall–Kier alpha value is -1.39. The van der Waals surface area contributed by atoms with Gasteiger partial charge in [-0.25, -0.2) is 13.8 Å². The smallest absolute Gasteiger partial charge is 0.168 e. The quantitative estimate of drug-likeness (QED) is 0.917.